The van der Waals surface area contributed by atoms with E-state index in [4.69, 9.17) is 14.2 Å². The van der Waals surface area contributed by atoms with E-state index in [1.807, 2.05) is 43.3 Å². The van der Waals surface area contributed by atoms with E-state index in [0.717, 1.165) is 32.6 Å². The number of aromatic nitrogens is 1. The maximum absolute atomic E-state index is 13.2. The summed E-state index contributed by atoms with van der Waals surface area (Å²) in [6, 6.07) is 11.9. The summed E-state index contributed by atoms with van der Waals surface area (Å²) in [5, 5.41) is 4.39. The van der Waals surface area contributed by atoms with Crippen LogP contribution in [0.2, 0.25) is 0 Å². The van der Waals surface area contributed by atoms with Crippen molar-refractivity contribution in [2.75, 3.05) is 21.3 Å². The van der Waals surface area contributed by atoms with Gasteiger partial charge in [-0.15, -0.1) is 0 Å². The Morgan fingerprint density at radius 3 is 2.15 bits per heavy atom. The molecule has 1 aromatic heterocycles. The summed E-state index contributed by atoms with van der Waals surface area (Å²) in [5.41, 5.74) is 1.71. The van der Waals surface area contributed by atoms with E-state index in [9.17, 15) is 4.79 Å². The zero-order valence-electron chi connectivity index (χ0n) is 16.0. The van der Waals surface area contributed by atoms with E-state index < -0.39 is 0 Å². The molecule has 0 N–H and O–H groups in total. The van der Waals surface area contributed by atoms with E-state index in [0.29, 0.717) is 22.6 Å². The molecule has 0 radical (unpaired) electrons. The number of methoxy groups -OCH3 is 3. The van der Waals surface area contributed by atoms with Gasteiger partial charge < -0.3 is 18.8 Å². The van der Waals surface area contributed by atoms with Crippen LogP contribution in [0.5, 0.6) is 17.2 Å². The van der Waals surface area contributed by atoms with Crippen molar-refractivity contribution < 1.29 is 14.2 Å². The minimum atomic E-state index is -0.0830. The van der Waals surface area contributed by atoms with Gasteiger partial charge in [-0.2, -0.15) is 0 Å². The molecule has 0 fully saturated rings. The van der Waals surface area contributed by atoms with Crippen molar-refractivity contribution in [2.24, 2.45) is 7.05 Å². The smallest absolute Gasteiger partial charge is 0.262 e. The Kier molecular flexibility index (Phi) is 3.95. The Balaban J connectivity index is 2.27. The third-order valence-electron chi connectivity index (χ3n) is 5.20. The van der Waals surface area contributed by atoms with Crippen molar-refractivity contribution in [1.82, 2.24) is 4.57 Å². The third-order valence-corrected chi connectivity index (χ3v) is 5.20. The van der Waals surface area contributed by atoms with Crippen molar-refractivity contribution in [1.29, 1.82) is 0 Å². The van der Waals surface area contributed by atoms with Crippen molar-refractivity contribution in [3.63, 3.8) is 0 Å². The van der Waals surface area contributed by atoms with Crippen molar-refractivity contribution in [3.8, 4) is 17.2 Å². The normalized spacial score (nSPS) is 11.3. The SMILES string of the molecule is COc1cc2ccc3c4ccc(C)c(OC)c4c(=O)n(C)c3c2cc1OC. The summed E-state index contributed by atoms with van der Waals surface area (Å²) in [7, 11) is 6.62. The van der Waals surface area contributed by atoms with Gasteiger partial charge in [-0.25, -0.2) is 0 Å². The second-order valence-corrected chi connectivity index (χ2v) is 6.59. The Hall–Kier alpha value is -3.21. The standard InChI is InChI=1S/C22H21NO4/c1-12-6-8-14-15-9-7-13-10-17(25-3)18(26-4)11-16(13)20(15)23(2)22(24)19(14)21(12)27-5/h6-11H,1-5H3. The number of aryl methyl sites for hydroxylation is 2. The van der Waals surface area contributed by atoms with Crippen molar-refractivity contribution in [2.45, 2.75) is 6.92 Å². The fraction of sp³-hybridized carbons (Fsp3) is 0.227. The molecule has 0 saturated heterocycles. The van der Waals surface area contributed by atoms with Gasteiger partial charge in [0, 0.05) is 23.2 Å². The first kappa shape index (κ1) is 17.2. The minimum Gasteiger partial charge on any atom is -0.496 e. The fourth-order valence-corrected chi connectivity index (χ4v) is 3.87. The van der Waals surface area contributed by atoms with Gasteiger partial charge in [0.1, 0.15) is 5.75 Å². The third kappa shape index (κ3) is 2.35. The van der Waals surface area contributed by atoms with Crippen LogP contribution in [0, 0.1) is 6.92 Å². The molecular formula is C22H21NO4. The topological polar surface area (TPSA) is 49.7 Å². The van der Waals surface area contributed by atoms with Crippen LogP contribution in [-0.2, 0) is 7.05 Å². The number of benzene rings is 3. The molecule has 5 heteroatoms. The molecule has 0 unspecified atom stereocenters. The highest BCUT2D eigenvalue weighted by Crippen LogP contribution is 2.38. The number of fused-ring (bicyclic) bond motifs is 5. The molecule has 0 bridgehead atoms. The minimum absolute atomic E-state index is 0.0830. The van der Waals surface area contributed by atoms with Gasteiger partial charge >= 0.3 is 0 Å². The van der Waals surface area contributed by atoms with E-state index >= 15 is 0 Å². The number of pyridine rings is 1. The predicted octanol–water partition coefficient (Wildman–Crippen LogP) is 4.18. The number of rotatable bonds is 3. The van der Waals surface area contributed by atoms with E-state index in [1.165, 1.54) is 0 Å². The van der Waals surface area contributed by atoms with E-state index in [1.54, 1.807) is 32.9 Å². The highest BCUT2D eigenvalue weighted by Gasteiger charge is 2.17. The first-order valence-electron chi connectivity index (χ1n) is 8.66. The Morgan fingerprint density at radius 2 is 1.48 bits per heavy atom. The molecule has 4 aromatic rings. The molecule has 5 nitrogen and oxygen atoms in total. The van der Waals surface area contributed by atoms with Crippen LogP contribution in [0.15, 0.2) is 41.2 Å². The summed E-state index contributed by atoms with van der Waals surface area (Å²) in [6.45, 7) is 1.94. The molecule has 27 heavy (non-hydrogen) atoms. The van der Waals surface area contributed by atoms with Gasteiger partial charge in [-0.1, -0.05) is 24.3 Å². The van der Waals surface area contributed by atoms with Gasteiger partial charge in [-0.3, -0.25) is 4.79 Å². The highest BCUT2D eigenvalue weighted by atomic mass is 16.5. The summed E-state index contributed by atoms with van der Waals surface area (Å²) in [6.07, 6.45) is 0. The van der Waals surface area contributed by atoms with Crippen LogP contribution in [0.25, 0.3) is 32.4 Å². The fourth-order valence-electron chi connectivity index (χ4n) is 3.87. The quantitative estimate of drug-likeness (QED) is 0.513. The monoisotopic (exact) mass is 363 g/mol. The lowest BCUT2D eigenvalue weighted by atomic mass is 9.99. The zero-order valence-corrected chi connectivity index (χ0v) is 16.0. The molecule has 138 valence electrons. The molecule has 0 atom stereocenters. The number of ether oxygens (including phenoxy) is 3. The second-order valence-electron chi connectivity index (χ2n) is 6.59. The average molecular weight is 363 g/mol. The molecule has 4 rings (SSSR count). The average Bonchev–Trinajstić information content (AvgIpc) is 2.69. The molecule has 0 amide bonds. The van der Waals surface area contributed by atoms with Crippen LogP contribution in [0.4, 0.5) is 0 Å². The van der Waals surface area contributed by atoms with Gasteiger partial charge in [0.05, 0.1) is 32.2 Å². The second kappa shape index (κ2) is 6.20. The van der Waals surface area contributed by atoms with Crippen LogP contribution in [0.1, 0.15) is 5.56 Å². The summed E-state index contributed by atoms with van der Waals surface area (Å²) >= 11 is 0. The number of hydrogen-bond acceptors (Lipinski definition) is 4. The van der Waals surface area contributed by atoms with Crippen LogP contribution < -0.4 is 19.8 Å². The van der Waals surface area contributed by atoms with Crippen LogP contribution in [0.3, 0.4) is 0 Å². The lowest BCUT2D eigenvalue weighted by Crippen LogP contribution is -2.18. The summed E-state index contributed by atoms with van der Waals surface area (Å²) in [5.74, 6) is 1.92. The molecule has 1 heterocycles. The zero-order chi connectivity index (χ0) is 19.3. The van der Waals surface area contributed by atoms with Crippen molar-refractivity contribution in [3.05, 3.63) is 52.3 Å². The molecular weight excluding hydrogens is 342 g/mol. The van der Waals surface area contributed by atoms with Crippen LogP contribution in [-0.4, -0.2) is 25.9 Å². The number of hydrogen-bond donors (Lipinski definition) is 0. The van der Waals surface area contributed by atoms with Crippen LogP contribution >= 0.6 is 0 Å². The number of nitrogens with zero attached hydrogens (tertiary/aromatic N) is 1. The van der Waals surface area contributed by atoms with Crippen molar-refractivity contribution >= 4 is 32.4 Å². The maximum Gasteiger partial charge on any atom is 0.262 e. The Bertz CT molecular complexity index is 1270. The Morgan fingerprint density at radius 1 is 0.815 bits per heavy atom. The summed E-state index contributed by atoms with van der Waals surface area (Å²) in [4.78, 5) is 13.2. The highest BCUT2D eigenvalue weighted by molar-refractivity contribution is 6.16. The molecule has 0 aliphatic heterocycles. The van der Waals surface area contributed by atoms with Gasteiger partial charge in [0.25, 0.3) is 5.56 Å². The first-order valence-corrected chi connectivity index (χ1v) is 8.66. The predicted molar refractivity (Wildman–Crippen MR) is 109 cm³/mol. The first-order chi connectivity index (χ1) is 13.0. The van der Waals surface area contributed by atoms with Gasteiger partial charge in [0.15, 0.2) is 11.5 Å². The largest absolute Gasteiger partial charge is 0.496 e. The lowest BCUT2D eigenvalue weighted by molar-refractivity contribution is 0.356. The van der Waals surface area contributed by atoms with E-state index in [-0.39, 0.29) is 5.56 Å². The Labute approximate surface area is 156 Å². The molecule has 0 spiro atoms. The lowest BCUT2D eigenvalue weighted by Gasteiger charge is -2.16. The van der Waals surface area contributed by atoms with E-state index in [2.05, 4.69) is 0 Å². The molecule has 3 aromatic carbocycles. The van der Waals surface area contributed by atoms with Gasteiger partial charge in [-0.05, 0) is 30.0 Å². The molecule has 0 aliphatic carbocycles. The maximum atomic E-state index is 13.2. The van der Waals surface area contributed by atoms with Gasteiger partial charge in [0.2, 0.25) is 0 Å². The molecule has 0 saturated carbocycles. The summed E-state index contributed by atoms with van der Waals surface area (Å²) < 4.78 is 18.1. The molecule has 0 aliphatic rings.